The normalized spacial score (nSPS) is 29.0. The Hall–Kier alpha value is -1.34. The molecule has 7 heteroatoms. The van der Waals surface area contributed by atoms with Crippen molar-refractivity contribution in [3.63, 3.8) is 0 Å². The number of likely N-dealkylation sites (tertiary alicyclic amines) is 1. The van der Waals surface area contributed by atoms with E-state index in [4.69, 9.17) is 14.5 Å². The molecule has 3 rings (SSSR count). The molecule has 0 amide bonds. The molecule has 28 heavy (non-hydrogen) atoms. The minimum absolute atomic E-state index is 0.0725. The highest BCUT2D eigenvalue weighted by atomic mass is 16.5. The maximum atomic E-state index is 12.1. The van der Waals surface area contributed by atoms with Crippen molar-refractivity contribution in [3.8, 4) is 0 Å². The number of esters is 1. The van der Waals surface area contributed by atoms with E-state index >= 15 is 0 Å². The smallest absolute Gasteiger partial charge is 0.310 e. The zero-order chi connectivity index (χ0) is 20.0. The summed E-state index contributed by atoms with van der Waals surface area (Å²) in [5.41, 5.74) is 0.162. The van der Waals surface area contributed by atoms with Gasteiger partial charge in [-0.3, -0.25) is 14.7 Å². The summed E-state index contributed by atoms with van der Waals surface area (Å²) in [7, 11) is 1.48. The van der Waals surface area contributed by atoms with Crippen LogP contribution in [0.25, 0.3) is 0 Å². The molecule has 2 unspecified atom stereocenters. The van der Waals surface area contributed by atoms with Crippen molar-refractivity contribution in [2.24, 2.45) is 16.8 Å². The number of nitrogens with zero attached hydrogens (tertiary/aromatic N) is 3. The predicted molar refractivity (Wildman–Crippen MR) is 110 cm³/mol. The van der Waals surface area contributed by atoms with E-state index in [-0.39, 0.29) is 23.3 Å². The van der Waals surface area contributed by atoms with E-state index < -0.39 is 0 Å². The van der Waals surface area contributed by atoms with Crippen LogP contribution in [0.4, 0.5) is 0 Å². The van der Waals surface area contributed by atoms with Gasteiger partial charge in [0.15, 0.2) is 5.96 Å². The molecule has 3 aliphatic rings. The van der Waals surface area contributed by atoms with Crippen molar-refractivity contribution in [2.45, 2.75) is 51.5 Å². The number of carbonyl (C=O) groups is 1. The third-order valence-corrected chi connectivity index (χ3v) is 6.74. The zero-order valence-corrected chi connectivity index (χ0v) is 17.9. The highest BCUT2D eigenvalue weighted by molar-refractivity contribution is 5.82. The summed E-state index contributed by atoms with van der Waals surface area (Å²) < 4.78 is 10.6. The lowest BCUT2D eigenvalue weighted by Crippen LogP contribution is -2.56. The summed E-state index contributed by atoms with van der Waals surface area (Å²) in [6.45, 7) is 11.1. The van der Waals surface area contributed by atoms with Crippen LogP contribution in [-0.4, -0.2) is 86.9 Å². The third kappa shape index (κ3) is 4.79. The molecule has 2 aliphatic heterocycles. The number of carbonyl (C=O) groups excluding carboxylic acids is 1. The lowest BCUT2D eigenvalue weighted by atomic mass is 9.80. The number of hydrogen-bond donors (Lipinski definition) is 1. The topological polar surface area (TPSA) is 66.4 Å². The lowest BCUT2D eigenvalue weighted by Gasteiger charge is -2.47. The SMILES string of the molecule is CCNC(=NCC1(N2CCOCC2)CCCCC1)N1CC(C)C(C(=O)OC)C1. The Morgan fingerprint density at radius 3 is 2.57 bits per heavy atom. The Morgan fingerprint density at radius 2 is 1.93 bits per heavy atom. The van der Waals surface area contributed by atoms with Crippen LogP contribution in [0.1, 0.15) is 46.0 Å². The summed E-state index contributed by atoms with van der Waals surface area (Å²) in [6, 6.07) is 0. The number of rotatable bonds is 5. The van der Waals surface area contributed by atoms with Crippen LogP contribution in [0, 0.1) is 11.8 Å². The van der Waals surface area contributed by atoms with Gasteiger partial charge in [-0.2, -0.15) is 0 Å². The Balaban J connectivity index is 1.74. The molecule has 2 saturated heterocycles. The monoisotopic (exact) mass is 394 g/mol. The number of nitrogens with one attached hydrogen (secondary N) is 1. The second-order valence-corrected chi connectivity index (χ2v) is 8.57. The van der Waals surface area contributed by atoms with Gasteiger partial charge in [0.25, 0.3) is 0 Å². The third-order valence-electron chi connectivity index (χ3n) is 6.74. The molecule has 1 aliphatic carbocycles. The first-order chi connectivity index (χ1) is 13.6. The summed E-state index contributed by atoms with van der Waals surface area (Å²) in [5, 5.41) is 3.46. The molecule has 1 N–H and O–H groups in total. The Bertz CT molecular complexity index is 542. The average molecular weight is 395 g/mol. The number of guanidine groups is 1. The van der Waals surface area contributed by atoms with Crippen LogP contribution in [0.15, 0.2) is 4.99 Å². The van der Waals surface area contributed by atoms with Gasteiger partial charge in [-0.1, -0.05) is 26.2 Å². The number of methoxy groups -OCH3 is 1. The number of morpholine rings is 1. The molecule has 160 valence electrons. The van der Waals surface area contributed by atoms with Gasteiger partial charge in [-0.05, 0) is 25.7 Å². The molecule has 2 atom stereocenters. The quantitative estimate of drug-likeness (QED) is 0.435. The van der Waals surface area contributed by atoms with Gasteiger partial charge in [-0.15, -0.1) is 0 Å². The van der Waals surface area contributed by atoms with Gasteiger partial charge in [-0.25, -0.2) is 0 Å². The van der Waals surface area contributed by atoms with Gasteiger partial charge in [0.05, 0.1) is 32.8 Å². The summed E-state index contributed by atoms with van der Waals surface area (Å²) in [5.74, 6) is 1.04. The van der Waals surface area contributed by atoms with Crippen molar-refractivity contribution < 1.29 is 14.3 Å². The molecule has 7 nitrogen and oxygen atoms in total. The second kappa shape index (κ2) is 9.92. The zero-order valence-electron chi connectivity index (χ0n) is 17.9. The fraction of sp³-hybridized carbons (Fsp3) is 0.905. The maximum Gasteiger partial charge on any atom is 0.310 e. The van der Waals surface area contributed by atoms with Crippen LogP contribution >= 0.6 is 0 Å². The van der Waals surface area contributed by atoms with E-state index in [1.165, 1.54) is 39.2 Å². The molecule has 0 aromatic rings. The fourth-order valence-electron chi connectivity index (χ4n) is 5.07. The van der Waals surface area contributed by atoms with Gasteiger partial charge in [0, 0.05) is 38.3 Å². The summed E-state index contributed by atoms with van der Waals surface area (Å²) >= 11 is 0. The number of ether oxygens (including phenoxy) is 2. The number of aliphatic imine (C=N–C) groups is 1. The van der Waals surface area contributed by atoms with Crippen molar-refractivity contribution in [3.05, 3.63) is 0 Å². The summed E-state index contributed by atoms with van der Waals surface area (Å²) in [4.78, 5) is 22.1. The molecule has 0 spiro atoms. The van der Waals surface area contributed by atoms with Crippen LogP contribution in [0.3, 0.4) is 0 Å². The molecule has 0 aromatic heterocycles. The first-order valence-corrected chi connectivity index (χ1v) is 11.0. The molecule has 0 radical (unpaired) electrons. The molecule has 0 bridgehead atoms. The van der Waals surface area contributed by atoms with Crippen LogP contribution in [0.2, 0.25) is 0 Å². The predicted octanol–water partition coefficient (Wildman–Crippen LogP) is 1.73. The first kappa shape index (κ1) is 21.4. The van der Waals surface area contributed by atoms with Gasteiger partial charge in [0.2, 0.25) is 0 Å². The largest absolute Gasteiger partial charge is 0.469 e. The number of hydrogen-bond acceptors (Lipinski definition) is 5. The highest BCUT2D eigenvalue weighted by Crippen LogP contribution is 2.35. The van der Waals surface area contributed by atoms with Gasteiger partial charge in [0.1, 0.15) is 0 Å². The summed E-state index contributed by atoms with van der Waals surface area (Å²) in [6.07, 6.45) is 6.34. The fourth-order valence-corrected chi connectivity index (χ4v) is 5.07. The average Bonchev–Trinajstić information content (AvgIpc) is 3.13. The lowest BCUT2D eigenvalue weighted by molar-refractivity contribution is -0.145. The Kier molecular flexibility index (Phi) is 7.57. The van der Waals surface area contributed by atoms with E-state index in [1.807, 2.05) is 0 Å². The maximum absolute atomic E-state index is 12.1. The molecule has 1 saturated carbocycles. The van der Waals surface area contributed by atoms with E-state index in [0.717, 1.165) is 51.9 Å². The van der Waals surface area contributed by atoms with Crippen LogP contribution < -0.4 is 5.32 Å². The minimum atomic E-state index is -0.108. The molecule has 0 aromatic carbocycles. The minimum Gasteiger partial charge on any atom is -0.469 e. The molecular formula is C21H38N4O3. The molecular weight excluding hydrogens is 356 g/mol. The van der Waals surface area contributed by atoms with E-state index in [1.54, 1.807) is 0 Å². The Morgan fingerprint density at radius 1 is 1.21 bits per heavy atom. The van der Waals surface area contributed by atoms with E-state index in [0.29, 0.717) is 6.54 Å². The van der Waals surface area contributed by atoms with Crippen molar-refractivity contribution in [1.82, 2.24) is 15.1 Å². The van der Waals surface area contributed by atoms with Gasteiger partial charge >= 0.3 is 5.97 Å². The van der Waals surface area contributed by atoms with Crippen LogP contribution in [-0.2, 0) is 14.3 Å². The molecule has 2 heterocycles. The van der Waals surface area contributed by atoms with E-state index in [2.05, 4.69) is 29.0 Å². The van der Waals surface area contributed by atoms with E-state index in [9.17, 15) is 4.79 Å². The standard InChI is InChI=1S/C21H38N4O3/c1-4-22-20(24-14-17(2)18(15-24)19(26)27-3)23-16-21(8-6-5-7-9-21)25-10-12-28-13-11-25/h17-18H,4-16H2,1-3H3,(H,22,23). The van der Waals surface area contributed by atoms with Gasteiger partial charge < -0.3 is 19.7 Å². The van der Waals surface area contributed by atoms with Crippen LogP contribution in [0.5, 0.6) is 0 Å². The van der Waals surface area contributed by atoms with Crippen molar-refractivity contribution in [2.75, 3.05) is 59.6 Å². The first-order valence-electron chi connectivity index (χ1n) is 11.0. The molecule has 3 fully saturated rings. The van der Waals surface area contributed by atoms with Crippen molar-refractivity contribution >= 4 is 11.9 Å². The Labute approximate surface area is 169 Å². The van der Waals surface area contributed by atoms with Crippen molar-refractivity contribution in [1.29, 1.82) is 0 Å². The second-order valence-electron chi connectivity index (χ2n) is 8.57. The highest BCUT2D eigenvalue weighted by Gasteiger charge is 2.40.